The molecule has 0 spiro atoms. The Bertz CT molecular complexity index is 231. The first-order valence-corrected chi connectivity index (χ1v) is 6.99. The Hall–Kier alpha value is -0.580. The number of halogens is 1. The second kappa shape index (κ2) is 10.6. The lowest BCUT2D eigenvalue weighted by Crippen LogP contribution is -2.17. The van der Waals surface area contributed by atoms with Crippen LogP contribution in [0, 0.1) is 0 Å². The largest absolute Gasteiger partial charge is 0.466 e. The number of carbonyl (C=O) groups is 2. The highest BCUT2D eigenvalue weighted by Crippen LogP contribution is 2.13. The monoisotopic (exact) mass is 308 g/mol. The number of rotatable bonds is 9. The topological polar surface area (TPSA) is 52.6 Å². The molecule has 17 heavy (non-hydrogen) atoms. The fraction of sp³-hybridized carbons (Fsp3) is 0.833. The van der Waals surface area contributed by atoms with Gasteiger partial charge in [-0.1, -0.05) is 28.8 Å². The van der Waals surface area contributed by atoms with E-state index in [1.807, 2.05) is 0 Å². The smallest absolute Gasteiger partial charge is 0.319 e. The summed E-state index contributed by atoms with van der Waals surface area (Å²) < 4.78 is 9.69. The summed E-state index contributed by atoms with van der Waals surface area (Å²) in [5.41, 5.74) is 0. The van der Waals surface area contributed by atoms with Gasteiger partial charge in [-0.25, -0.2) is 0 Å². The van der Waals surface area contributed by atoms with E-state index in [4.69, 9.17) is 9.47 Å². The number of carbonyl (C=O) groups excluding carboxylic acids is 2. The lowest BCUT2D eigenvalue weighted by molar-refractivity contribution is -0.144. The van der Waals surface area contributed by atoms with Crippen LogP contribution in [-0.4, -0.2) is 30.0 Å². The lowest BCUT2D eigenvalue weighted by atomic mass is 10.1. The van der Waals surface area contributed by atoms with Crippen molar-refractivity contribution in [2.45, 2.75) is 50.8 Å². The molecule has 0 aliphatic rings. The molecule has 0 aromatic rings. The zero-order valence-electron chi connectivity index (χ0n) is 10.5. The Kier molecular flexibility index (Phi) is 10.2. The fourth-order valence-electron chi connectivity index (χ4n) is 1.35. The molecule has 0 saturated carbocycles. The van der Waals surface area contributed by atoms with Gasteiger partial charge in [0, 0.05) is 6.42 Å². The van der Waals surface area contributed by atoms with Gasteiger partial charge < -0.3 is 9.47 Å². The standard InChI is InChI=1S/C12H21BrO4/c1-3-16-11(14)9-7-5-6-8-10(13)12(15)17-4-2/h10H,3-9H2,1-2H3. The molecule has 0 radical (unpaired) electrons. The van der Waals surface area contributed by atoms with Crippen LogP contribution in [0.1, 0.15) is 46.0 Å². The van der Waals surface area contributed by atoms with Crippen LogP contribution in [0.2, 0.25) is 0 Å². The number of ether oxygens (including phenoxy) is 2. The fourth-order valence-corrected chi connectivity index (χ4v) is 1.81. The van der Waals surface area contributed by atoms with Crippen LogP contribution in [-0.2, 0) is 19.1 Å². The van der Waals surface area contributed by atoms with Gasteiger partial charge in [-0.2, -0.15) is 0 Å². The third-order valence-electron chi connectivity index (χ3n) is 2.19. The maximum Gasteiger partial charge on any atom is 0.319 e. The van der Waals surface area contributed by atoms with Crippen molar-refractivity contribution in [2.24, 2.45) is 0 Å². The molecule has 5 heteroatoms. The van der Waals surface area contributed by atoms with Crippen LogP contribution >= 0.6 is 15.9 Å². The maximum atomic E-state index is 11.3. The van der Waals surface area contributed by atoms with Crippen molar-refractivity contribution in [1.82, 2.24) is 0 Å². The minimum absolute atomic E-state index is 0.145. The number of unbranched alkanes of at least 4 members (excludes halogenated alkanes) is 2. The van der Waals surface area contributed by atoms with E-state index >= 15 is 0 Å². The number of esters is 2. The molecule has 0 amide bonds. The predicted octanol–water partition coefficient (Wildman–Crippen LogP) is 2.83. The predicted molar refractivity (Wildman–Crippen MR) is 69.1 cm³/mol. The molecule has 0 aliphatic heterocycles. The highest BCUT2D eigenvalue weighted by atomic mass is 79.9. The first-order chi connectivity index (χ1) is 8.11. The van der Waals surface area contributed by atoms with Crippen molar-refractivity contribution in [2.75, 3.05) is 13.2 Å². The molecule has 0 heterocycles. The Morgan fingerprint density at radius 1 is 1.06 bits per heavy atom. The molecule has 1 unspecified atom stereocenters. The third-order valence-corrected chi connectivity index (χ3v) is 3.02. The van der Waals surface area contributed by atoms with Crippen LogP contribution in [0.4, 0.5) is 0 Å². The van der Waals surface area contributed by atoms with Crippen molar-refractivity contribution in [1.29, 1.82) is 0 Å². The van der Waals surface area contributed by atoms with E-state index in [9.17, 15) is 9.59 Å². The molecule has 0 N–H and O–H groups in total. The molecule has 100 valence electrons. The van der Waals surface area contributed by atoms with Gasteiger partial charge in [-0.15, -0.1) is 0 Å². The first-order valence-electron chi connectivity index (χ1n) is 6.08. The van der Waals surface area contributed by atoms with E-state index < -0.39 is 0 Å². The Morgan fingerprint density at radius 2 is 1.71 bits per heavy atom. The minimum atomic E-state index is -0.231. The molecule has 0 rings (SSSR count). The van der Waals surface area contributed by atoms with Crippen LogP contribution < -0.4 is 0 Å². The third kappa shape index (κ3) is 9.15. The van der Waals surface area contributed by atoms with Gasteiger partial charge in [0.25, 0.3) is 0 Å². The number of hydrogen-bond acceptors (Lipinski definition) is 4. The Labute approximate surface area is 111 Å². The quantitative estimate of drug-likeness (QED) is 0.373. The molecule has 0 fully saturated rings. The SMILES string of the molecule is CCOC(=O)CCCCCC(Br)C(=O)OCC. The zero-order chi connectivity index (χ0) is 13.1. The summed E-state index contributed by atoms with van der Waals surface area (Å²) in [6, 6.07) is 0. The molecule has 0 saturated heterocycles. The summed E-state index contributed by atoms with van der Waals surface area (Å²) in [5, 5.41) is 0. The van der Waals surface area contributed by atoms with Gasteiger partial charge in [0.05, 0.1) is 13.2 Å². The van der Waals surface area contributed by atoms with Crippen molar-refractivity contribution < 1.29 is 19.1 Å². The number of alkyl halides is 1. The highest BCUT2D eigenvalue weighted by molar-refractivity contribution is 9.10. The van der Waals surface area contributed by atoms with Crippen LogP contribution in [0.5, 0.6) is 0 Å². The van der Waals surface area contributed by atoms with Crippen LogP contribution in [0.3, 0.4) is 0 Å². The van der Waals surface area contributed by atoms with Crippen molar-refractivity contribution in [3.8, 4) is 0 Å². The summed E-state index contributed by atoms with van der Waals surface area (Å²) in [6.45, 7) is 4.43. The van der Waals surface area contributed by atoms with Crippen LogP contribution in [0.15, 0.2) is 0 Å². The van der Waals surface area contributed by atoms with Crippen molar-refractivity contribution >= 4 is 27.9 Å². The van der Waals surface area contributed by atoms with Gasteiger partial charge in [-0.3, -0.25) is 9.59 Å². The molecular weight excluding hydrogens is 288 g/mol. The van der Waals surface area contributed by atoms with E-state index in [2.05, 4.69) is 15.9 Å². The first kappa shape index (κ1) is 16.4. The molecule has 0 bridgehead atoms. The summed E-state index contributed by atoms with van der Waals surface area (Å²) in [7, 11) is 0. The normalized spacial score (nSPS) is 11.9. The van der Waals surface area contributed by atoms with E-state index in [0.29, 0.717) is 19.6 Å². The molecule has 4 nitrogen and oxygen atoms in total. The van der Waals surface area contributed by atoms with E-state index in [1.165, 1.54) is 0 Å². The second-order valence-electron chi connectivity index (χ2n) is 3.62. The summed E-state index contributed by atoms with van der Waals surface area (Å²) in [5.74, 6) is -0.355. The highest BCUT2D eigenvalue weighted by Gasteiger charge is 2.14. The Balaban J connectivity index is 3.45. The number of hydrogen-bond donors (Lipinski definition) is 0. The molecule has 1 atom stereocenters. The van der Waals surface area contributed by atoms with Gasteiger partial charge >= 0.3 is 11.9 Å². The Morgan fingerprint density at radius 3 is 2.29 bits per heavy atom. The van der Waals surface area contributed by atoms with Gasteiger partial charge in [0.1, 0.15) is 4.83 Å². The average Bonchev–Trinajstić information content (AvgIpc) is 2.29. The minimum Gasteiger partial charge on any atom is -0.466 e. The van der Waals surface area contributed by atoms with Crippen LogP contribution in [0.25, 0.3) is 0 Å². The molecule has 0 aromatic heterocycles. The van der Waals surface area contributed by atoms with Gasteiger partial charge in [0.2, 0.25) is 0 Å². The van der Waals surface area contributed by atoms with E-state index in [0.717, 1.165) is 25.7 Å². The van der Waals surface area contributed by atoms with Gasteiger partial charge in [0.15, 0.2) is 0 Å². The van der Waals surface area contributed by atoms with Crippen molar-refractivity contribution in [3.05, 3.63) is 0 Å². The van der Waals surface area contributed by atoms with E-state index in [1.54, 1.807) is 13.8 Å². The summed E-state index contributed by atoms with van der Waals surface area (Å²) in [6.07, 6.45) is 3.82. The molecular formula is C12H21BrO4. The maximum absolute atomic E-state index is 11.3. The molecule has 0 aliphatic carbocycles. The molecule has 0 aromatic carbocycles. The lowest BCUT2D eigenvalue weighted by Gasteiger charge is -2.08. The zero-order valence-corrected chi connectivity index (χ0v) is 12.1. The van der Waals surface area contributed by atoms with Gasteiger partial charge in [-0.05, 0) is 26.7 Å². The van der Waals surface area contributed by atoms with Crippen molar-refractivity contribution in [3.63, 3.8) is 0 Å². The van der Waals surface area contributed by atoms with E-state index in [-0.39, 0.29) is 16.8 Å². The second-order valence-corrected chi connectivity index (χ2v) is 4.73. The average molecular weight is 309 g/mol. The summed E-state index contributed by atoms with van der Waals surface area (Å²) in [4.78, 5) is 22.1. The summed E-state index contributed by atoms with van der Waals surface area (Å²) >= 11 is 3.28.